The van der Waals surface area contributed by atoms with Crippen molar-refractivity contribution in [3.63, 3.8) is 0 Å². The number of halogens is 1. The summed E-state index contributed by atoms with van der Waals surface area (Å²) in [5, 5.41) is 0. The Balaban J connectivity index is 3.17. The van der Waals surface area contributed by atoms with E-state index in [0.29, 0.717) is 22.6 Å². The molecule has 1 atom stereocenters. The standard InChI is InChI=1S/C9H12FNOS/c1-6-7(5-13(2)12)9(11)4-3-8(6)10/h3-4H,5,11H2,1-2H3. The van der Waals surface area contributed by atoms with Crippen LogP contribution in [0, 0.1) is 12.7 Å². The highest BCUT2D eigenvalue weighted by Crippen LogP contribution is 2.20. The van der Waals surface area contributed by atoms with Crippen molar-refractivity contribution in [2.45, 2.75) is 12.7 Å². The van der Waals surface area contributed by atoms with Gasteiger partial charge >= 0.3 is 0 Å². The first-order chi connectivity index (χ1) is 6.02. The van der Waals surface area contributed by atoms with Crippen LogP contribution in [0.5, 0.6) is 0 Å². The molecule has 0 radical (unpaired) electrons. The van der Waals surface area contributed by atoms with Crippen LogP contribution in [0.4, 0.5) is 10.1 Å². The topological polar surface area (TPSA) is 43.1 Å². The third kappa shape index (κ3) is 2.28. The van der Waals surface area contributed by atoms with Crippen LogP contribution in [-0.4, -0.2) is 10.5 Å². The van der Waals surface area contributed by atoms with Crippen molar-refractivity contribution < 1.29 is 8.60 Å². The molecule has 0 amide bonds. The molecule has 4 heteroatoms. The van der Waals surface area contributed by atoms with E-state index < -0.39 is 10.8 Å². The highest BCUT2D eigenvalue weighted by molar-refractivity contribution is 7.83. The molecule has 2 nitrogen and oxygen atoms in total. The summed E-state index contributed by atoms with van der Waals surface area (Å²) in [7, 11) is -0.992. The van der Waals surface area contributed by atoms with E-state index in [1.807, 2.05) is 0 Å². The number of anilines is 1. The summed E-state index contributed by atoms with van der Waals surface area (Å²) in [6, 6.07) is 2.83. The number of hydrogen-bond donors (Lipinski definition) is 1. The molecule has 0 spiro atoms. The molecule has 13 heavy (non-hydrogen) atoms. The fraction of sp³-hybridized carbons (Fsp3) is 0.333. The quantitative estimate of drug-likeness (QED) is 0.738. The SMILES string of the molecule is Cc1c(F)ccc(N)c1CS(C)=O. The number of hydrogen-bond acceptors (Lipinski definition) is 2. The summed E-state index contributed by atoms with van der Waals surface area (Å²) in [5.41, 5.74) is 7.29. The molecule has 1 unspecified atom stereocenters. The molecule has 1 aromatic rings. The minimum absolute atomic E-state index is 0.297. The molecule has 0 aliphatic rings. The first kappa shape index (κ1) is 10.2. The van der Waals surface area contributed by atoms with Crippen molar-refractivity contribution in [2.75, 3.05) is 12.0 Å². The Labute approximate surface area is 79.4 Å². The van der Waals surface area contributed by atoms with Crippen LogP contribution in [0.15, 0.2) is 12.1 Å². The normalized spacial score (nSPS) is 12.8. The molecule has 0 aromatic heterocycles. The third-order valence-corrected chi connectivity index (χ3v) is 2.61. The van der Waals surface area contributed by atoms with E-state index in [2.05, 4.69) is 0 Å². The van der Waals surface area contributed by atoms with E-state index in [-0.39, 0.29) is 5.82 Å². The summed E-state index contributed by atoms with van der Waals surface area (Å²) >= 11 is 0. The van der Waals surface area contributed by atoms with Gasteiger partial charge in [0.25, 0.3) is 0 Å². The zero-order valence-corrected chi connectivity index (χ0v) is 8.45. The van der Waals surface area contributed by atoms with Crippen molar-refractivity contribution in [2.24, 2.45) is 0 Å². The van der Waals surface area contributed by atoms with E-state index in [9.17, 15) is 8.60 Å². The van der Waals surface area contributed by atoms with Crippen LogP contribution in [0.25, 0.3) is 0 Å². The van der Waals surface area contributed by atoms with Gasteiger partial charge in [0.05, 0.1) is 5.75 Å². The van der Waals surface area contributed by atoms with E-state index in [0.717, 1.165) is 0 Å². The predicted octanol–water partition coefficient (Wildman–Crippen LogP) is 1.59. The highest BCUT2D eigenvalue weighted by atomic mass is 32.2. The molecule has 0 saturated carbocycles. The van der Waals surface area contributed by atoms with Gasteiger partial charge in [-0.3, -0.25) is 4.21 Å². The average molecular weight is 201 g/mol. The molecular formula is C9H12FNOS. The van der Waals surface area contributed by atoms with Crippen LogP contribution in [0.1, 0.15) is 11.1 Å². The molecule has 0 saturated heterocycles. The molecule has 2 N–H and O–H groups in total. The lowest BCUT2D eigenvalue weighted by molar-refractivity contribution is 0.617. The first-order valence-electron chi connectivity index (χ1n) is 3.86. The zero-order chi connectivity index (χ0) is 10.0. The summed E-state index contributed by atoms with van der Waals surface area (Å²) in [5.74, 6) is 0.0183. The minimum Gasteiger partial charge on any atom is -0.398 e. The monoisotopic (exact) mass is 201 g/mol. The van der Waals surface area contributed by atoms with Gasteiger partial charge in [0.1, 0.15) is 5.82 Å². The second-order valence-electron chi connectivity index (χ2n) is 2.96. The van der Waals surface area contributed by atoms with Gasteiger partial charge in [-0.1, -0.05) is 0 Å². The molecule has 0 aliphatic carbocycles. The van der Waals surface area contributed by atoms with E-state index >= 15 is 0 Å². The Morgan fingerprint density at radius 2 is 2.15 bits per heavy atom. The van der Waals surface area contributed by atoms with Crippen LogP contribution in [0.2, 0.25) is 0 Å². The van der Waals surface area contributed by atoms with Crippen LogP contribution >= 0.6 is 0 Å². The van der Waals surface area contributed by atoms with Gasteiger partial charge in [-0.15, -0.1) is 0 Å². The smallest absolute Gasteiger partial charge is 0.126 e. The van der Waals surface area contributed by atoms with Crippen molar-refractivity contribution in [3.8, 4) is 0 Å². The Morgan fingerprint density at radius 1 is 1.54 bits per heavy atom. The number of benzene rings is 1. The molecule has 72 valence electrons. The lowest BCUT2D eigenvalue weighted by Gasteiger charge is -2.08. The zero-order valence-electron chi connectivity index (χ0n) is 7.63. The van der Waals surface area contributed by atoms with Gasteiger partial charge in [0.2, 0.25) is 0 Å². The number of rotatable bonds is 2. The predicted molar refractivity (Wildman–Crippen MR) is 53.3 cm³/mol. The molecule has 1 aromatic carbocycles. The van der Waals surface area contributed by atoms with Crippen LogP contribution in [-0.2, 0) is 16.6 Å². The summed E-state index contributed by atoms with van der Waals surface area (Å²) < 4.78 is 24.0. The highest BCUT2D eigenvalue weighted by Gasteiger charge is 2.08. The third-order valence-electron chi connectivity index (χ3n) is 1.92. The Bertz CT molecular complexity index is 352. The van der Waals surface area contributed by atoms with Gasteiger partial charge in [-0.2, -0.15) is 0 Å². The Morgan fingerprint density at radius 3 is 2.69 bits per heavy atom. The maximum atomic E-state index is 13.1. The van der Waals surface area contributed by atoms with Gasteiger partial charge in [0, 0.05) is 22.7 Å². The molecule has 1 rings (SSSR count). The summed E-state index contributed by atoms with van der Waals surface area (Å²) in [4.78, 5) is 0. The molecule has 0 bridgehead atoms. The number of nitrogens with two attached hydrogens (primary N) is 1. The maximum absolute atomic E-state index is 13.1. The van der Waals surface area contributed by atoms with Gasteiger partial charge < -0.3 is 5.73 Å². The average Bonchev–Trinajstić information content (AvgIpc) is 2.05. The maximum Gasteiger partial charge on any atom is 0.126 e. The Kier molecular flexibility index (Phi) is 3.03. The van der Waals surface area contributed by atoms with Gasteiger partial charge in [-0.05, 0) is 30.2 Å². The van der Waals surface area contributed by atoms with Crippen molar-refractivity contribution >= 4 is 16.5 Å². The second-order valence-corrected chi connectivity index (χ2v) is 4.39. The van der Waals surface area contributed by atoms with Gasteiger partial charge in [0.15, 0.2) is 0 Å². The van der Waals surface area contributed by atoms with Gasteiger partial charge in [-0.25, -0.2) is 4.39 Å². The minimum atomic E-state index is -0.992. The van der Waals surface area contributed by atoms with Crippen molar-refractivity contribution in [3.05, 3.63) is 29.1 Å². The number of nitrogen functional groups attached to an aromatic ring is 1. The lowest BCUT2D eigenvalue weighted by Crippen LogP contribution is -2.02. The van der Waals surface area contributed by atoms with Crippen LogP contribution in [0.3, 0.4) is 0 Å². The molecule has 0 aliphatic heterocycles. The van der Waals surface area contributed by atoms with Crippen molar-refractivity contribution in [1.29, 1.82) is 0 Å². The van der Waals surface area contributed by atoms with E-state index in [4.69, 9.17) is 5.73 Å². The van der Waals surface area contributed by atoms with Crippen LogP contribution < -0.4 is 5.73 Å². The van der Waals surface area contributed by atoms with Crippen molar-refractivity contribution in [1.82, 2.24) is 0 Å². The lowest BCUT2D eigenvalue weighted by atomic mass is 10.1. The first-order valence-corrected chi connectivity index (χ1v) is 5.58. The molecular weight excluding hydrogens is 189 g/mol. The largest absolute Gasteiger partial charge is 0.398 e. The van der Waals surface area contributed by atoms with E-state index in [1.165, 1.54) is 12.1 Å². The second kappa shape index (κ2) is 3.87. The fourth-order valence-corrected chi connectivity index (χ4v) is 1.93. The molecule has 0 heterocycles. The Hall–Kier alpha value is -0.900. The molecule has 0 fully saturated rings. The fourth-order valence-electron chi connectivity index (χ4n) is 1.14. The van der Waals surface area contributed by atoms with E-state index in [1.54, 1.807) is 13.2 Å². The summed E-state index contributed by atoms with van der Waals surface area (Å²) in [6.07, 6.45) is 1.57. The summed E-state index contributed by atoms with van der Waals surface area (Å²) in [6.45, 7) is 1.65.